The molecule has 1 aromatic rings. The van der Waals surface area contributed by atoms with E-state index in [2.05, 4.69) is 5.32 Å². The summed E-state index contributed by atoms with van der Waals surface area (Å²) in [6, 6.07) is 4.88. The van der Waals surface area contributed by atoms with Crippen molar-refractivity contribution in [3.05, 3.63) is 34.3 Å². The first-order valence-electron chi connectivity index (χ1n) is 10.6. The quantitative estimate of drug-likeness (QED) is 0.391. The van der Waals surface area contributed by atoms with Crippen LogP contribution in [0.3, 0.4) is 0 Å². The third-order valence-electron chi connectivity index (χ3n) is 4.05. The number of halogens is 1. The van der Waals surface area contributed by atoms with Gasteiger partial charge in [0.05, 0.1) is 17.1 Å². The van der Waals surface area contributed by atoms with Crippen LogP contribution in [0.2, 0.25) is 5.02 Å². The molecule has 0 radical (unpaired) electrons. The molecule has 0 spiro atoms. The first-order chi connectivity index (χ1) is 14.7. The van der Waals surface area contributed by atoms with Crippen molar-refractivity contribution in [2.75, 3.05) is 26.2 Å². The van der Waals surface area contributed by atoms with Crippen molar-refractivity contribution in [3.63, 3.8) is 0 Å². The van der Waals surface area contributed by atoms with Crippen molar-refractivity contribution in [1.82, 2.24) is 10.2 Å². The summed E-state index contributed by atoms with van der Waals surface area (Å²) in [5, 5.41) is 12.4. The molecule has 0 fully saturated rings. The van der Waals surface area contributed by atoms with Gasteiger partial charge in [0.1, 0.15) is 11.2 Å². The molecular formula is C23H35ClN2O6. The zero-order valence-electron chi connectivity index (χ0n) is 19.8. The number of ether oxygens (including phenoxy) is 2. The highest BCUT2D eigenvalue weighted by atomic mass is 35.5. The van der Waals surface area contributed by atoms with Crippen LogP contribution < -0.4 is 5.32 Å². The standard InChI is InChI=1S/C23H35ClN2O6/c1-22(2,3)31-19(27)15-25-11-13-26(21(30)32-23(4,5)6)12-7-8-16-9-10-18(24)17(14-16)20(28)29/h9-10,14,25H,7-8,11-13,15H2,1-6H3,(H,28,29). The molecule has 1 amide bonds. The van der Waals surface area contributed by atoms with Crippen LogP contribution in [0.25, 0.3) is 0 Å². The molecular weight excluding hydrogens is 436 g/mol. The van der Waals surface area contributed by atoms with Gasteiger partial charge in [-0.1, -0.05) is 17.7 Å². The number of aromatic carboxylic acids is 1. The Bertz CT molecular complexity index is 799. The Hall–Kier alpha value is -2.32. The van der Waals surface area contributed by atoms with Gasteiger partial charge in [0.25, 0.3) is 0 Å². The molecule has 180 valence electrons. The number of carbonyl (C=O) groups is 3. The van der Waals surface area contributed by atoms with Gasteiger partial charge < -0.3 is 24.8 Å². The normalized spacial score (nSPS) is 11.7. The number of nitrogens with zero attached hydrogens (tertiary/aromatic N) is 1. The maximum Gasteiger partial charge on any atom is 0.410 e. The highest BCUT2D eigenvalue weighted by molar-refractivity contribution is 6.33. The lowest BCUT2D eigenvalue weighted by Crippen LogP contribution is -2.42. The van der Waals surface area contributed by atoms with Gasteiger partial charge in [-0.15, -0.1) is 0 Å². The molecule has 0 saturated carbocycles. The molecule has 0 atom stereocenters. The summed E-state index contributed by atoms with van der Waals surface area (Å²) in [7, 11) is 0. The lowest BCUT2D eigenvalue weighted by atomic mass is 10.1. The van der Waals surface area contributed by atoms with Gasteiger partial charge in [-0.3, -0.25) is 4.79 Å². The van der Waals surface area contributed by atoms with Crippen molar-refractivity contribution in [2.45, 2.75) is 65.6 Å². The molecule has 8 nitrogen and oxygen atoms in total. The van der Waals surface area contributed by atoms with Crippen LogP contribution in [0.1, 0.15) is 63.9 Å². The highest BCUT2D eigenvalue weighted by Crippen LogP contribution is 2.19. The summed E-state index contributed by atoms with van der Waals surface area (Å²) in [6.07, 6.45) is 0.729. The number of hydrogen-bond donors (Lipinski definition) is 2. The number of amides is 1. The lowest BCUT2D eigenvalue weighted by molar-refractivity contribution is -0.153. The predicted molar refractivity (Wildman–Crippen MR) is 123 cm³/mol. The molecule has 2 N–H and O–H groups in total. The average molecular weight is 471 g/mol. The van der Waals surface area contributed by atoms with Crippen LogP contribution in [0.4, 0.5) is 4.79 Å². The summed E-state index contributed by atoms with van der Waals surface area (Å²) in [5.74, 6) is -1.44. The molecule has 9 heteroatoms. The second kappa shape index (κ2) is 12.1. The molecule has 0 heterocycles. The van der Waals surface area contributed by atoms with Gasteiger partial charge in [-0.05, 0) is 72.1 Å². The van der Waals surface area contributed by atoms with Gasteiger partial charge in [-0.2, -0.15) is 0 Å². The van der Waals surface area contributed by atoms with Gasteiger partial charge in [0.15, 0.2) is 0 Å². The van der Waals surface area contributed by atoms with E-state index >= 15 is 0 Å². The molecule has 0 bridgehead atoms. The van der Waals surface area contributed by atoms with Gasteiger partial charge in [0.2, 0.25) is 0 Å². The van der Waals surface area contributed by atoms with Crippen LogP contribution in [0.15, 0.2) is 18.2 Å². The third-order valence-corrected chi connectivity index (χ3v) is 4.38. The molecule has 0 unspecified atom stereocenters. The van der Waals surface area contributed by atoms with Gasteiger partial charge >= 0.3 is 18.0 Å². The maximum atomic E-state index is 12.6. The number of aryl methyl sites for hydroxylation is 1. The van der Waals surface area contributed by atoms with E-state index in [0.29, 0.717) is 32.5 Å². The third kappa shape index (κ3) is 11.3. The van der Waals surface area contributed by atoms with Crippen molar-refractivity contribution < 1.29 is 29.0 Å². The van der Waals surface area contributed by atoms with E-state index in [-0.39, 0.29) is 23.1 Å². The van der Waals surface area contributed by atoms with Crippen molar-refractivity contribution >= 4 is 29.6 Å². The number of nitrogens with one attached hydrogen (secondary N) is 1. The zero-order valence-corrected chi connectivity index (χ0v) is 20.5. The number of carbonyl (C=O) groups excluding carboxylic acids is 2. The first-order valence-corrected chi connectivity index (χ1v) is 11.0. The number of rotatable bonds is 10. The van der Waals surface area contributed by atoms with Crippen molar-refractivity contribution in [1.29, 1.82) is 0 Å². The Balaban J connectivity index is 2.64. The van der Waals surface area contributed by atoms with E-state index in [0.717, 1.165) is 5.56 Å². The highest BCUT2D eigenvalue weighted by Gasteiger charge is 2.22. The van der Waals surface area contributed by atoms with Gasteiger partial charge in [0, 0.05) is 19.6 Å². The molecule has 0 aliphatic carbocycles. The monoisotopic (exact) mass is 470 g/mol. The Kier molecular flexibility index (Phi) is 10.4. The minimum atomic E-state index is -1.08. The second-order valence-corrected chi connectivity index (χ2v) is 9.86. The second-order valence-electron chi connectivity index (χ2n) is 9.45. The van der Waals surface area contributed by atoms with Gasteiger partial charge in [-0.25, -0.2) is 9.59 Å². The van der Waals surface area contributed by atoms with Crippen LogP contribution in [0.5, 0.6) is 0 Å². The fraction of sp³-hybridized carbons (Fsp3) is 0.609. The smallest absolute Gasteiger partial charge is 0.410 e. The maximum absolute atomic E-state index is 12.6. The Morgan fingerprint density at radius 2 is 1.66 bits per heavy atom. The topological polar surface area (TPSA) is 105 Å². The first kappa shape index (κ1) is 27.7. The van der Waals surface area contributed by atoms with E-state index in [1.165, 1.54) is 0 Å². The number of hydrogen-bond acceptors (Lipinski definition) is 6. The molecule has 0 saturated heterocycles. The number of carboxylic acids is 1. The number of esters is 1. The van der Waals surface area contributed by atoms with E-state index in [9.17, 15) is 19.5 Å². The van der Waals surface area contributed by atoms with E-state index in [1.807, 2.05) is 0 Å². The van der Waals surface area contributed by atoms with Crippen LogP contribution in [0, 0.1) is 0 Å². The number of carboxylic acid groups (broad SMARTS) is 1. The molecule has 0 aliphatic rings. The molecule has 1 aromatic carbocycles. The van der Waals surface area contributed by atoms with Crippen molar-refractivity contribution in [2.24, 2.45) is 0 Å². The largest absolute Gasteiger partial charge is 0.478 e. The summed E-state index contributed by atoms with van der Waals surface area (Å²) < 4.78 is 10.7. The number of benzene rings is 1. The molecule has 1 rings (SSSR count). The lowest BCUT2D eigenvalue weighted by Gasteiger charge is -2.27. The minimum Gasteiger partial charge on any atom is -0.478 e. The summed E-state index contributed by atoms with van der Waals surface area (Å²) >= 11 is 5.92. The Morgan fingerprint density at radius 1 is 1.03 bits per heavy atom. The van der Waals surface area contributed by atoms with Crippen LogP contribution >= 0.6 is 11.6 Å². The molecule has 0 aromatic heterocycles. The molecule has 32 heavy (non-hydrogen) atoms. The van der Waals surface area contributed by atoms with Crippen LogP contribution in [-0.4, -0.2) is 65.4 Å². The minimum absolute atomic E-state index is 0.0438. The fourth-order valence-corrected chi connectivity index (χ4v) is 2.97. The summed E-state index contributed by atoms with van der Waals surface area (Å²) in [4.78, 5) is 37.2. The Morgan fingerprint density at radius 3 is 2.22 bits per heavy atom. The Labute approximate surface area is 195 Å². The molecule has 0 aliphatic heterocycles. The van der Waals surface area contributed by atoms with E-state index in [1.54, 1.807) is 64.6 Å². The van der Waals surface area contributed by atoms with Crippen molar-refractivity contribution in [3.8, 4) is 0 Å². The average Bonchev–Trinajstić information content (AvgIpc) is 2.61. The summed E-state index contributed by atoms with van der Waals surface area (Å²) in [6.45, 7) is 12.0. The van der Waals surface area contributed by atoms with E-state index < -0.39 is 23.3 Å². The van der Waals surface area contributed by atoms with E-state index in [4.69, 9.17) is 21.1 Å². The SMILES string of the molecule is CC(C)(C)OC(=O)CNCCN(CCCc1ccc(Cl)c(C(=O)O)c1)C(=O)OC(C)(C)C. The van der Waals surface area contributed by atoms with Crippen LogP contribution in [-0.2, 0) is 20.7 Å². The fourth-order valence-electron chi connectivity index (χ4n) is 2.77. The summed E-state index contributed by atoms with van der Waals surface area (Å²) in [5.41, 5.74) is -0.312. The predicted octanol–water partition coefficient (Wildman–Crippen LogP) is 4.14. The zero-order chi connectivity index (χ0) is 24.5.